The molecule has 1 amide bonds. The van der Waals surface area contributed by atoms with Gasteiger partial charge in [-0.2, -0.15) is 5.06 Å². The zero-order chi connectivity index (χ0) is 18.9. The lowest BCUT2D eigenvalue weighted by Crippen LogP contribution is -2.36. The van der Waals surface area contributed by atoms with Crippen LogP contribution in [0.1, 0.15) is 31.7 Å². The van der Waals surface area contributed by atoms with Crippen LogP contribution >= 0.6 is 0 Å². The van der Waals surface area contributed by atoms with Crippen LogP contribution in [-0.4, -0.2) is 30.7 Å². The van der Waals surface area contributed by atoms with Crippen LogP contribution in [0.5, 0.6) is 0 Å². The number of anilines is 1. The monoisotopic (exact) mass is 366 g/mol. The molecule has 1 saturated heterocycles. The van der Waals surface area contributed by atoms with Crippen molar-refractivity contribution in [1.29, 1.82) is 0 Å². The first-order chi connectivity index (χ1) is 13.2. The van der Waals surface area contributed by atoms with E-state index in [1.54, 1.807) is 0 Å². The molecular formula is C23H30N2O2. The van der Waals surface area contributed by atoms with Crippen molar-refractivity contribution in [2.45, 2.75) is 32.6 Å². The van der Waals surface area contributed by atoms with Gasteiger partial charge in [-0.1, -0.05) is 55.5 Å². The first-order valence-corrected chi connectivity index (χ1v) is 9.98. The first-order valence-electron chi connectivity index (χ1n) is 9.98. The van der Waals surface area contributed by atoms with Gasteiger partial charge < -0.3 is 5.32 Å². The molecule has 1 heterocycles. The van der Waals surface area contributed by atoms with Crippen molar-refractivity contribution in [2.75, 3.05) is 25.0 Å². The third-order valence-corrected chi connectivity index (χ3v) is 5.14. The van der Waals surface area contributed by atoms with E-state index in [0.29, 0.717) is 12.5 Å². The predicted molar refractivity (Wildman–Crippen MR) is 109 cm³/mol. The molecule has 0 spiro atoms. The van der Waals surface area contributed by atoms with E-state index < -0.39 is 0 Å². The Morgan fingerprint density at radius 2 is 1.85 bits per heavy atom. The second kappa shape index (κ2) is 10.2. The van der Waals surface area contributed by atoms with E-state index in [1.807, 2.05) is 42.3 Å². The largest absolute Gasteiger partial charge is 0.326 e. The molecule has 3 rings (SSSR count). The molecule has 1 aliphatic rings. The Hall–Kier alpha value is -2.17. The van der Waals surface area contributed by atoms with E-state index in [-0.39, 0.29) is 11.8 Å². The molecule has 0 radical (unpaired) electrons. The zero-order valence-electron chi connectivity index (χ0n) is 16.1. The smallest absolute Gasteiger partial charge is 0.228 e. The number of hydroxylamine groups is 2. The average molecular weight is 367 g/mol. The molecule has 1 aliphatic heterocycles. The van der Waals surface area contributed by atoms with E-state index >= 15 is 0 Å². The van der Waals surface area contributed by atoms with E-state index in [0.717, 1.165) is 38.1 Å². The van der Waals surface area contributed by atoms with Crippen molar-refractivity contribution in [3.63, 3.8) is 0 Å². The summed E-state index contributed by atoms with van der Waals surface area (Å²) < 4.78 is 0. The summed E-state index contributed by atoms with van der Waals surface area (Å²) in [6.07, 6.45) is 4.53. The third kappa shape index (κ3) is 6.49. The SMILES string of the molecule is CC(CN1CC(CCc2ccccc2)CCCO1)C(=O)Nc1ccccc1. The van der Waals surface area contributed by atoms with Crippen LogP contribution in [0, 0.1) is 11.8 Å². The van der Waals surface area contributed by atoms with Gasteiger partial charge in [-0.25, -0.2) is 0 Å². The molecule has 0 saturated carbocycles. The van der Waals surface area contributed by atoms with Crippen molar-refractivity contribution in [3.05, 3.63) is 66.2 Å². The van der Waals surface area contributed by atoms with Crippen LogP contribution < -0.4 is 5.32 Å². The minimum absolute atomic E-state index is 0.0369. The van der Waals surface area contributed by atoms with Crippen molar-refractivity contribution in [3.8, 4) is 0 Å². The van der Waals surface area contributed by atoms with Gasteiger partial charge in [0.2, 0.25) is 5.91 Å². The molecule has 0 aromatic heterocycles. The number of hydrogen-bond donors (Lipinski definition) is 1. The zero-order valence-corrected chi connectivity index (χ0v) is 16.1. The molecule has 2 atom stereocenters. The van der Waals surface area contributed by atoms with Crippen molar-refractivity contribution >= 4 is 11.6 Å². The van der Waals surface area contributed by atoms with Crippen molar-refractivity contribution < 1.29 is 9.63 Å². The highest BCUT2D eigenvalue weighted by Gasteiger charge is 2.23. The van der Waals surface area contributed by atoms with Gasteiger partial charge in [0, 0.05) is 18.8 Å². The Morgan fingerprint density at radius 3 is 2.59 bits per heavy atom. The molecule has 4 heteroatoms. The van der Waals surface area contributed by atoms with Gasteiger partial charge in [-0.3, -0.25) is 9.63 Å². The number of hydrogen-bond acceptors (Lipinski definition) is 3. The Labute approximate surface area is 162 Å². The van der Waals surface area contributed by atoms with E-state index in [2.05, 4.69) is 35.6 Å². The summed E-state index contributed by atoms with van der Waals surface area (Å²) >= 11 is 0. The minimum atomic E-state index is -0.127. The average Bonchev–Trinajstić information content (AvgIpc) is 2.93. The number of rotatable bonds is 7. The van der Waals surface area contributed by atoms with Gasteiger partial charge in [0.25, 0.3) is 0 Å². The van der Waals surface area contributed by atoms with Crippen LogP contribution in [0.4, 0.5) is 5.69 Å². The molecule has 0 bridgehead atoms. The lowest BCUT2D eigenvalue weighted by atomic mass is 9.95. The topological polar surface area (TPSA) is 41.6 Å². The van der Waals surface area contributed by atoms with Gasteiger partial charge in [0.05, 0.1) is 12.5 Å². The van der Waals surface area contributed by atoms with Gasteiger partial charge in [0.15, 0.2) is 0 Å². The molecule has 1 N–H and O–H groups in total. The van der Waals surface area contributed by atoms with Crippen LogP contribution in [0.15, 0.2) is 60.7 Å². The number of para-hydroxylation sites is 1. The lowest BCUT2D eigenvalue weighted by molar-refractivity contribution is -0.165. The first kappa shape index (κ1) is 19.6. The summed E-state index contributed by atoms with van der Waals surface area (Å²) in [5.41, 5.74) is 2.23. The van der Waals surface area contributed by atoms with Crippen molar-refractivity contribution in [1.82, 2.24) is 5.06 Å². The summed E-state index contributed by atoms with van der Waals surface area (Å²) in [5, 5.41) is 5.00. The maximum Gasteiger partial charge on any atom is 0.228 e. The highest BCUT2D eigenvalue weighted by Crippen LogP contribution is 2.21. The molecule has 1 fully saturated rings. The quantitative estimate of drug-likeness (QED) is 0.782. The van der Waals surface area contributed by atoms with Crippen LogP contribution in [0.25, 0.3) is 0 Å². The maximum absolute atomic E-state index is 12.5. The normalized spacial score (nSPS) is 19.2. The number of amides is 1. The summed E-state index contributed by atoms with van der Waals surface area (Å²) in [7, 11) is 0. The Bertz CT molecular complexity index is 690. The molecule has 4 nitrogen and oxygen atoms in total. The minimum Gasteiger partial charge on any atom is -0.326 e. The number of benzene rings is 2. The molecule has 2 unspecified atom stereocenters. The fourth-order valence-corrected chi connectivity index (χ4v) is 3.55. The summed E-state index contributed by atoms with van der Waals surface area (Å²) in [6, 6.07) is 20.3. The van der Waals surface area contributed by atoms with Gasteiger partial charge in [-0.15, -0.1) is 0 Å². The maximum atomic E-state index is 12.5. The molecule has 0 aliphatic carbocycles. The Balaban J connectivity index is 1.48. The van der Waals surface area contributed by atoms with Crippen LogP contribution in [0.3, 0.4) is 0 Å². The predicted octanol–water partition coefficient (Wildman–Crippen LogP) is 4.54. The van der Waals surface area contributed by atoms with E-state index in [1.165, 1.54) is 12.0 Å². The molecule has 27 heavy (non-hydrogen) atoms. The molecule has 2 aromatic carbocycles. The molecule has 2 aromatic rings. The van der Waals surface area contributed by atoms with E-state index in [4.69, 9.17) is 4.84 Å². The van der Waals surface area contributed by atoms with Gasteiger partial charge >= 0.3 is 0 Å². The van der Waals surface area contributed by atoms with Gasteiger partial charge in [0.1, 0.15) is 0 Å². The fraction of sp³-hybridized carbons (Fsp3) is 0.435. The number of nitrogens with zero attached hydrogens (tertiary/aromatic N) is 1. The highest BCUT2D eigenvalue weighted by atomic mass is 16.7. The fourth-order valence-electron chi connectivity index (χ4n) is 3.55. The van der Waals surface area contributed by atoms with Crippen LogP contribution in [-0.2, 0) is 16.1 Å². The third-order valence-electron chi connectivity index (χ3n) is 5.14. The van der Waals surface area contributed by atoms with Crippen molar-refractivity contribution in [2.24, 2.45) is 11.8 Å². The number of carbonyl (C=O) groups is 1. The second-order valence-corrected chi connectivity index (χ2v) is 7.47. The van der Waals surface area contributed by atoms with Crippen LogP contribution in [0.2, 0.25) is 0 Å². The second-order valence-electron chi connectivity index (χ2n) is 7.47. The Morgan fingerprint density at radius 1 is 1.15 bits per heavy atom. The number of carbonyl (C=O) groups excluding carboxylic acids is 1. The highest BCUT2D eigenvalue weighted by molar-refractivity contribution is 5.92. The lowest BCUT2D eigenvalue weighted by Gasteiger charge is -2.25. The molecular weight excluding hydrogens is 336 g/mol. The summed E-state index contributed by atoms with van der Waals surface area (Å²) in [5.74, 6) is 0.519. The summed E-state index contributed by atoms with van der Waals surface area (Å²) in [6.45, 7) is 4.23. The van der Waals surface area contributed by atoms with E-state index in [9.17, 15) is 4.79 Å². The summed E-state index contributed by atoms with van der Waals surface area (Å²) in [4.78, 5) is 18.4. The Kier molecular flexibility index (Phi) is 7.43. The number of aryl methyl sites for hydroxylation is 1. The molecule has 144 valence electrons. The number of nitrogens with one attached hydrogen (secondary N) is 1. The van der Waals surface area contributed by atoms with Gasteiger partial charge in [-0.05, 0) is 49.3 Å². The standard InChI is InChI=1S/C23H30N2O2/c1-19(23(26)24-22-12-6-3-7-13-22)17-25-18-21(11-8-16-27-25)15-14-20-9-4-2-5-10-20/h2-7,9-10,12-13,19,21H,8,11,14-18H2,1H3,(H,24,26).